The van der Waals surface area contributed by atoms with E-state index in [0.29, 0.717) is 0 Å². The van der Waals surface area contributed by atoms with Crippen LogP contribution in [0.3, 0.4) is 0 Å². The van der Waals surface area contributed by atoms with Gasteiger partial charge in [0.1, 0.15) is 11.6 Å². The zero-order valence-electron chi connectivity index (χ0n) is 12.0. The Morgan fingerprint density at radius 2 is 1.57 bits per heavy atom. The molecule has 0 amide bonds. The predicted molar refractivity (Wildman–Crippen MR) is 85.7 cm³/mol. The Kier molecular flexibility index (Phi) is 3.92. The first-order valence-corrected chi connectivity index (χ1v) is 7.00. The molecule has 2 aromatic carbocycles. The number of benzene rings is 2. The molecular weight excluding hydrogens is 258 g/mol. The number of aryl methyl sites for hydroxylation is 1. The first kappa shape index (κ1) is 13.3. The van der Waals surface area contributed by atoms with Gasteiger partial charge in [0.2, 0.25) is 0 Å². The Morgan fingerprint density at radius 1 is 0.905 bits per heavy atom. The van der Waals surface area contributed by atoms with Gasteiger partial charge in [-0.3, -0.25) is 0 Å². The SMILES string of the molecule is Cc1cnc(Cc2ccccc2)nc1Nc1ccccc1. The molecule has 3 rings (SSSR count). The van der Waals surface area contributed by atoms with Crippen LogP contribution < -0.4 is 5.32 Å². The van der Waals surface area contributed by atoms with Gasteiger partial charge in [-0.2, -0.15) is 0 Å². The van der Waals surface area contributed by atoms with E-state index in [0.717, 1.165) is 29.3 Å². The van der Waals surface area contributed by atoms with Crippen LogP contribution in [0.15, 0.2) is 66.9 Å². The van der Waals surface area contributed by atoms with Crippen molar-refractivity contribution >= 4 is 11.5 Å². The van der Waals surface area contributed by atoms with Crippen molar-refractivity contribution < 1.29 is 0 Å². The van der Waals surface area contributed by atoms with Crippen LogP contribution in [0.4, 0.5) is 11.5 Å². The van der Waals surface area contributed by atoms with Gasteiger partial charge in [-0.05, 0) is 24.6 Å². The monoisotopic (exact) mass is 275 g/mol. The van der Waals surface area contributed by atoms with E-state index in [1.807, 2.05) is 61.7 Å². The van der Waals surface area contributed by atoms with Crippen LogP contribution in [0.1, 0.15) is 17.0 Å². The Morgan fingerprint density at radius 3 is 2.29 bits per heavy atom. The topological polar surface area (TPSA) is 37.8 Å². The second kappa shape index (κ2) is 6.18. The maximum atomic E-state index is 4.64. The van der Waals surface area contributed by atoms with Gasteiger partial charge in [0.25, 0.3) is 0 Å². The number of para-hydroxylation sites is 1. The Bertz CT molecular complexity index is 709. The number of hydrogen-bond donors (Lipinski definition) is 1. The summed E-state index contributed by atoms with van der Waals surface area (Å²) >= 11 is 0. The molecule has 0 spiro atoms. The van der Waals surface area contributed by atoms with Crippen LogP contribution in [-0.2, 0) is 6.42 Å². The smallest absolute Gasteiger partial charge is 0.137 e. The number of anilines is 2. The summed E-state index contributed by atoms with van der Waals surface area (Å²) in [6.45, 7) is 2.01. The van der Waals surface area contributed by atoms with Crippen molar-refractivity contribution in [3.63, 3.8) is 0 Å². The molecule has 0 fully saturated rings. The third-order valence-electron chi connectivity index (χ3n) is 3.26. The van der Waals surface area contributed by atoms with E-state index < -0.39 is 0 Å². The maximum Gasteiger partial charge on any atom is 0.137 e. The zero-order chi connectivity index (χ0) is 14.5. The summed E-state index contributed by atoms with van der Waals surface area (Å²) in [5.41, 5.74) is 3.28. The van der Waals surface area contributed by atoms with Gasteiger partial charge in [-0.25, -0.2) is 9.97 Å². The van der Waals surface area contributed by atoms with Crippen LogP contribution in [0.5, 0.6) is 0 Å². The molecule has 3 aromatic rings. The highest BCUT2D eigenvalue weighted by Crippen LogP contribution is 2.18. The van der Waals surface area contributed by atoms with E-state index in [2.05, 4.69) is 27.4 Å². The lowest BCUT2D eigenvalue weighted by molar-refractivity contribution is 0.960. The lowest BCUT2D eigenvalue weighted by atomic mass is 10.1. The number of nitrogens with one attached hydrogen (secondary N) is 1. The number of aromatic nitrogens is 2. The van der Waals surface area contributed by atoms with Crippen molar-refractivity contribution in [3.05, 3.63) is 83.8 Å². The van der Waals surface area contributed by atoms with Gasteiger partial charge in [0, 0.05) is 23.9 Å². The van der Waals surface area contributed by atoms with Gasteiger partial charge in [0.15, 0.2) is 0 Å². The summed E-state index contributed by atoms with van der Waals surface area (Å²) in [5.74, 6) is 1.69. The fourth-order valence-corrected chi connectivity index (χ4v) is 2.13. The molecular formula is C18H17N3. The standard InChI is InChI=1S/C18H17N3/c1-14-13-19-17(12-15-8-4-2-5-9-15)21-18(14)20-16-10-6-3-7-11-16/h2-11,13H,12H2,1H3,(H,19,20,21). The molecule has 1 N–H and O–H groups in total. The molecule has 21 heavy (non-hydrogen) atoms. The highest BCUT2D eigenvalue weighted by molar-refractivity contribution is 5.58. The van der Waals surface area contributed by atoms with E-state index in [4.69, 9.17) is 0 Å². The minimum absolute atomic E-state index is 0.741. The largest absolute Gasteiger partial charge is 0.340 e. The summed E-state index contributed by atoms with van der Waals surface area (Å²) in [7, 11) is 0. The van der Waals surface area contributed by atoms with Gasteiger partial charge >= 0.3 is 0 Å². The maximum absolute atomic E-state index is 4.64. The molecule has 1 heterocycles. The third kappa shape index (κ3) is 3.45. The minimum Gasteiger partial charge on any atom is -0.340 e. The lowest BCUT2D eigenvalue weighted by Crippen LogP contribution is -2.03. The minimum atomic E-state index is 0.741. The normalized spacial score (nSPS) is 10.3. The molecule has 0 atom stereocenters. The number of rotatable bonds is 4. The van der Waals surface area contributed by atoms with Crippen LogP contribution >= 0.6 is 0 Å². The second-order valence-corrected chi connectivity index (χ2v) is 4.97. The quantitative estimate of drug-likeness (QED) is 0.778. The van der Waals surface area contributed by atoms with Crippen molar-refractivity contribution in [3.8, 4) is 0 Å². The summed E-state index contributed by atoms with van der Waals surface area (Å²) in [5, 5.41) is 3.35. The number of nitrogens with zero attached hydrogens (tertiary/aromatic N) is 2. The van der Waals surface area contributed by atoms with Crippen LogP contribution in [0.2, 0.25) is 0 Å². The van der Waals surface area contributed by atoms with Crippen molar-refractivity contribution in [2.45, 2.75) is 13.3 Å². The van der Waals surface area contributed by atoms with Crippen LogP contribution in [0, 0.1) is 6.92 Å². The highest BCUT2D eigenvalue weighted by Gasteiger charge is 2.05. The van der Waals surface area contributed by atoms with Gasteiger partial charge in [-0.1, -0.05) is 48.5 Å². The van der Waals surface area contributed by atoms with Crippen molar-refractivity contribution in [2.75, 3.05) is 5.32 Å². The van der Waals surface area contributed by atoms with E-state index >= 15 is 0 Å². The molecule has 0 radical (unpaired) electrons. The fourth-order valence-electron chi connectivity index (χ4n) is 2.13. The highest BCUT2D eigenvalue weighted by atomic mass is 15.0. The zero-order valence-corrected chi connectivity index (χ0v) is 12.0. The molecule has 0 saturated heterocycles. The molecule has 3 heteroatoms. The average molecular weight is 275 g/mol. The first-order valence-electron chi connectivity index (χ1n) is 7.00. The molecule has 1 aromatic heterocycles. The fraction of sp³-hybridized carbons (Fsp3) is 0.111. The molecule has 0 aliphatic heterocycles. The summed E-state index contributed by atoms with van der Waals surface area (Å²) < 4.78 is 0. The summed E-state index contributed by atoms with van der Waals surface area (Å²) in [4.78, 5) is 9.07. The summed E-state index contributed by atoms with van der Waals surface area (Å²) in [6.07, 6.45) is 2.61. The first-order chi connectivity index (χ1) is 10.3. The molecule has 0 aliphatic rings. The molecule has 3 nitrogen and oxygen atoms in total. The molecule has 104 valence electrons. The predicted octanol–water partition coefficient (Wildman–Crippen LogP) is 4.12. The molecule has 0 aliphatic carbocycles. The van der Waals surface area contributed by atoms with Crippen molar-refractivity contribution in [1.82, 2.24) is 9.97 Å². The molecule has 0 bridgehead atoms. The third-order valence-corrected chi connectivity index (χ3v) is 3.26. The molecule has 0 unspecified atom stereocenters. The van der Waals surface area contributed by atoms with Gasteiger partial charge in [-0.15, -0.1) is 0 Å². The van der Waals surface area contributed by atoms with Crippen LogP contribution in [0.25, 0.3) is 0 Å². The van der Waals surface area contributed by atoms with Gasteiger partial charge < -0.3 is 5.32 Å². The lowest BCUT2D eigenvalue weighted by Gasteiger charge is -2.10. The molecule has 0 saturated carbocycles. The van der Waals surface area contributed by atoms with E-state index in [9.17, 15) is 0 Å². The van der Waals surface area contributed by atoms with Crippen molar-refractivity contribution in [1.29, 1.82) is 0 Å². The Hall–Kier alpha value is -2.68. The summed E-state index contributed by atoms with van der Waals surface area (Å²) in [6, 6.07) is 20.3. The number of hydrogen-bond acceptors (Lipinski definition) is 3. The van der Waals surface area contributed by atoms with E-state index in [-0.39, 0.29) is 0 Å². The van der Waals surface area contributed by atoms with E-state index in [1.54, 1.807) is 0 Å². The van der Waals surface area contributed by atoms with Crippen molar-refractivity contribution in [2.24, 2.45) is 0 Å². The van der Waals surface area contributed by atoms with E-state index in [1.165, 1.54) is 5.56 Å². The second-order valence-electron chi connectivity index (χ2n) is 4.97. The average Bonchev–Trinajstić information content (AvgIpc) is 2.53. The Balaban J connectivity index is 1.83. The van der Waals surface area contributed by atoms with Crippen LogP contribution in [-0.4, -0.2) is 9.97 Å². The Labute approximate surface area is 124 Å². The van der Waals surface area contributed by atoms with Gasteiger partial charge in [0.05, 0.1) is 0 Å².